The van der Waals surface area contributed by atoms with E-state index in [0.717, 1.165) is 15.6 Å². The van der Waals surface area contributed by atoms with Crippen LogP contribution in [0.2, 0.25) is 0 Å². The summed E-state index contributed by atoms with van der Waals surface area (Å²) >= 11 is 3.42. The molecule has 2 aromatic rings. The first-order chi connectivity index (χ1) is 11.0. The van der Waals surface area contributed by atoms with E-state index < -0.39 is 5.97 Å². The molecule has 0 aromatic heterocycles. The second-order valence-corrected chi connectivity index (χ2v) is 5.72. The van der Waals surface area contributed by atoms with Crippen molar-refractivity contribution in [3.8, 4) is 0 Å². The van der Waals surface area contributed by atoms with Crippen molar-refractivity contribution in [3.05, 3.63) is 69.7 Å². The number of methoxy groups -OCH3 is 1. The molecule has 2 rings (SSSR count). The lowest BCUT2D eigenvalue weighted by molar-refractivity contribution is -0.111. The Kier molecular flexibility index (Phi) is 5.71. The largest absolute Gasteiger partial charge is 0.465 e. The highest BCUT2D eigenvalue weighted by atomic mass is 79.9. The summed E-state index contributed by atoms with van der Waals surface area (Å²) in [4.78, 5) is 23.6. The van der Waals surface area contributed by atoms with E-state index in [2.05, 4.69) is 26.0 Å². The van der Waals surface area contributed by atoms with E-state index in [4.69, 9.17) is 0 Å². The lowest BCUT2D eigenvalue weighted by Crippen LogP contribution is -2.10. The van der Waals surface area contributed by atoms with Crippen LogP contribution < -0.4 is 5.32 Å². The smallest absolute Gasteiger partial charge is 0.337 e. The van der Waals surface area contributed by atoms with E-state index in [-0.39, 0.29) is 5.91 Å². The molecule has 0 aliphatic heterocycles. The maximum absolute atomic E-state index is 12.1. The van der Waals surface area contributed by atoms with Crippen LogP contribution in [-0.2, 0) is 9.53 Å². The monoisotopic (exact) mass is 373 g/mol. The number of amides is 1. The standard InChI is InChI=1S/C18H16BrNO3/c1-12-7-8-14(18(22)23-2)11-16(12)20-17(21)10-9-13-5-3-4-6-15(13)19/h3-11H,1-2H3,(H,20,21)/b10-9+. The Morgan fingerprint density at radius 1 is 1.17 bits per heavy atom. The van der Waals surface area contributed by atoms with Gasteiger partial charge in [0.2, 0.25) is 5.91 Å². The Labute approximate surface area is 143 Å². The summed E-state index contributed by atoms with van der Waals surface area (Å²) in [5, 5.41) is 2.77. The molecule has 0 unspecified atom stereocenters. The van der Waals surface area contributed by atoms with E-state index in [1.807, 2.05) is 31.2 Å². The summed E-state index contributed by atoms with van der Waals surface area (Å²) in [5.41, 5.74) is 2.74. The lowest BCUT2D eigenvalue weighted by atomic mass is 10.1. The van der Waals surface area contributed by atoms with Gasteiger partial charge in [-0.05, 0) is 42.3 Å². The highest BCUT2D eigenvalue weighted by molar-refractivity contribution is 9.10. The molecule has 1 N–H and O–H groups in total. The molecule has 0 atom stereocenters. The predicted octanol–water partition coefficient (Wildman–Crippen LogP) is 4.20. The average molecular weight is 374 g/mol. The Bertz CT molecular complexity index is 769. The molecule has 118 valence electrons. The number of aryl methyl sites for hydroxylation is 1. The zero-order valence-electron chi connectivity index (χ0n) is 12.8. The van der Waals surface area contributed by atoms with E-state index >= 15 is 0 Å². The Balaban J connectivity index is 2.14. The Morgan fingerprint density at radius 3 is 2.61 bits per heavy atom. The van der Waals surface area contributed by atoms with Crippen molar-refractivity contribution in [2.24, 2.45) is 0 Å². The molecule has 1 amide bonds. The van der Waals surface area contributed by atoms with Gasteiger partial charge in [0.1, 0.15) is 0 Å². The topological polar surface area (TPSA) is 55.4 Å². The first-order valence-electron chi connectivity index (χ1n) is 6.94. The van der Waals surface area contributed by atoms with Crippen molar-refractivity contribution in [1.29, 1.82) is 0 Å². The van der Waals surface area contributed by atoms with Gasteiger partial charge in [0.05, 0.1) is 12.7 Å². The molecule has 2 aromatic carbocycles. The van der Waals surface area contributed by atoms with E-state index in [0.29, 0.717) is 11.3 Å². The second-order valence-electron chi connectivity index (χ2n) is 4.87. The van der Waals surface area contributed by atoms with Crippen molar-refractivity contribution in [1.82, 2.24) is 0 Å². The number of carbonyl (C=O) groups is 2. The van der Waals surface area contributed by atoms with Gasteiger partial charge in [-0.3, -0.25) is 4.79 Å². The number of hydrogen-bond acceptors (Lipinski definition) is 3. The minimum absolute atomic E-state index is 0.272. The SMILES string of the molecule is COC(=O)c1ccc(C)c(NC(=O)/C=C/c2ccccc2Br)c1. The van der Waals surface area contributed by atoms with Crippen LogP contribution >= 0.6 is 15.9 Å². The van der Waals surface area contributed by atoms with Crippen LogP contribution in [0.1, 0.15) is 21.5 Å². The van der Waals surface area contributed by atoms with Crippen LogP contribution in [0.4, 0.5) is 5.69 Å². The molecule has 0 heterocycles. The fraction of sp³-hybridized carbons (Fsp3) is 0.111. The minimum atomic E-state index is -0.441. The van der Waals surface area contributed by atoms with Crippen molar-refractivity contribution in [2.45, 2.75) is 6.92 Å². The molecule has 0 aliphatic rings. The van der Waals surface area contributed by atoms with Gasteiger partial charge in [-0.15, -0.1) is 0 Å². The van der Waals surface area contributed by atoms with Crippen molar-refractivity contribution >= 4 is 39.6 Å². The number of ether oxygens (including phenoxy) is 1. The minimum Gasteiger partial charge on any atom is -0.465 e. The summed E-state index contributed by atoms with van der Waals surface area (Å²) in [5.74, 6) is -0.713. The van der Waals surface area contributed by atoms with Gasteiger partial charge < -0.3 is 10.1 Å². The number of esters is 1. The van der Waals surface area contributed by atoms with Gasteiger partial charge in [0.15, 0.2) is 0 Å². The third-order valence-electron chi connectivity index (χ3n) is 3.24. The third-order valence-corrected chi connectivity index (χ3v) is 3.96. The molecule has 23 heavy (non-hydrogen) atoms. The van der Waals surface area contributed by atoms with Gasteiger partial charge >= 0.3 is 5.97 Å². The number of nitrogens with one attached hydrogen (secondary N) is 1. The van der Waals surface area contributed by atoms with Gasteiger partial charge in [0.25, 0.3) is 0 Å². The highest BCUT2D eigenvalue weighted by Crippen LogP contribution is 2.19. The molecule has 0 aliphatic carbocycles. The summed E-state index contributed by atoms with van der Waals surface area (Å²) in [6.07, 6.45) is 3.17. The predicted molar refractivity (Wildman–Crippen MR) is 94.3 cm³/mol. The lowest BCUT2D eigenvalue weighted by Gasteiger charge is -2.08. The Morgan fingerprint density at radius 2 is 1.91 bits per heavy atom. The molecule has 0 spiro atoms. The zero-order chi connectivity index (χ0) is 16.8. The molecular weight excluding hydrogens is 358 g/mol. The summed E-state index contributed by atoms with van der Waals surface area (Å²) < 4.78 is 5.59. The molecule has 4 nitrogen and oxygen atoms in total. The number of hydrogen-bond donors (Lipinski definition) is 1. The summed E-state index contributed by atoms with van der Waals surface area (Å²) in [6.45, 7) is 1.86. The number of anilines is 1. The first-order valence-corrected chi connectivity index (χ1v) is 7.73. The fourth-order valence-corrected chi connectivity index (χ4v) is 2.37. The molecule has 0 saturated heterocycles. The fourth-order valence-electron chi connectivity index (χ4n) is 1.95. The van der Waals surface area contributed by atoms with Gasteiger partial charge in [-0.1, -0.05) is 40.2 Å². The molecular formula is C18H16BrNO3. The molecule has 5 heteroatoms. The van der Waals surface area contributed by atoms with E-state index in [1.165, 1.54) is 13.2 Å². The zero-order valence-corrected chi connectivity index (χ0v) is 14.4. The number of rotatable bonds is 4. The molecule has 0 bridgehead atoms. The van der Waals surface area contributed by atoms with Crippen LogP contribution in [0.3, 0.4) is 0 Å². The Hall–Kier alpha value is -2.40. The number of halogens is 1. The maximum Gasteiger partial charge on any atom is 0.337 e. The quantitative estimate of drug-likeness (QED) is 0.645. The third kappa shape index (κ3) is 4.53. The van der Waals surface area contributed by atoms with Crippen molar-refractivity contribution in [2.75, 3.05) is 12.4 Å². The van der Waals surface area contributed by atoms with Gasteiger partial charge in [0, 0.05) is 16.2 Å². The van der Waals surface area contributed by atoms with Gasteiger partial charge in [-0.2, -0.15) is 0 Å². The van der Waals surface area contributed by atoms with Gasteiger partial charge in [-0.25, -0.2) is 4.79 Å². The molecule has 0 radical (unpaired) electrons. The summed E-state index contributed by atoms with van der Waals surface area (Å²) in [6, 6.07) is 12.6. The van der Waals surface area contributed by atoms with Crippen LogP contribution in [0.25, 0.3) is 6.08 Å². The second kappa shape index (κ2) is 7.74. The van der Waals surface area contributed by atoms with E-state index in [1.54, 1.807) is 24.3 Å². The number of carbonyl (C=O) groups excluding carboxylic acids is 2. The van der Waals surface area contributed by atoms with Crippen LogP contribution in [0.15, 0.2) is 53.0 Å². The normalized spacial score (nSPS) is 10.6. The van der Waals surface area contributed by atoms with Crippen molar-refractivity contribution < 1.29 is 14.3 Å². The highest BCUT2D eigenvalue weighted by Gasteiger charge is 2.09. The first kappa shape index (κ1) is 17.0. The summed E-state index contributed by atoms with van der Waals surface area (Å²) in [7, 11) is 1.32. The number of benzene rings is 2. The van der Waals surface area contributed by atoms with Crippen LogP contribution in [-0.4, -0.2) is 19.0 Å². The van der Waals surface area contributed by atoms with Crippen LogP contribution in [0, 0.1) is 6.92 Å². The molecule has 0 saturated carbocycles. The molecule has 0 fully saturated rings. The van der Waals surface area contributed by atoms with Crippen LogP contribution in [0.5, 0.6) is 0 Å². The average Bonchev–Trinajstić information content (AvgIpc) is 2.55. The van der Waals surface area contributed by atoms with Crippen molar-refractivity contribution in [3.63, 3.8) is 0 Å². The maximum atomic E-state index is 12.1. The van der Waals surface area contributed by atoms with E-state index in [9.17, 15) is 9.59 Å².